The first-order valence-electron chi connectivity index (χ1n) is 6.67. The average molecular weight is 254 g/mol. The van der Waals surface area contributed by atoms with Crippen molar-refractivity contribution < 1.29 is 0 Å². The molecule has 0 fully saturated rings. The van der Waals surface area contributed by atoms with Gasteiger partial charge in [0.2, 0.25) is 0 Å². The van der Waals surface area contributed by atoms with E-state index in [0.29, 0.717) is 0 Å². The molecule has 0 aliphatic rings. The Morgan fingerprint density at radius 1 is 0.789 bits per heavy atom. The summed E-state index contributed by atoms with van der Waals surface area (Å²) >= 11 is 0. The van der Waals surface area contributed by atoms with Crippen LogP contribution >= 0.6 is 0 Å². The Morgan fingerprint density at radius 2 is 1.26 bits per heavy atom. The third-order valence-corrected chi connectivity index (χ3v) is 3.26. The number of hydrogen-bond donors (Lipinski definition) is 1. The van der Waals surface area contributed by atoms with Crippen molar-refractivity contribution in [3.8, 4) is 0 Å². The molecule has 0 spiro atoms. The molecule has 0 aliphatic heterocycles. The zero-order valence-electron chi connectivity index (χ0n) is 12.0. The average Bonchev–Trinajstić information content (AvgIpc) is 2.42. The Hall–Kier alpha value is -1.80. The summed E-state index contributed by atoms with van der Waals surface area (Å²) in [5, 5.41) is 3.17. The van der Waals surface area contributed by atoms with E-state index >= 15 is 0 Å². The fraction of sp³-hybridized carbons (Fsp3) is 0.294. The van der Waals surface area contributed by atoms with Gasteiger partial charge in [-0.15, -0.1) is 0 Å². The summed E-state index contributed by atoms with van der Waals surface area (Å²) in [7, 11) is 6.10. The van der Waals surface area contributed by atoms with Gasteiger partial charge in [0.05, 0.1) is 0 Å². The zero-order chi connectivity index (χ0) is 13.7. The van der Waals surface area contributed by atoms with Crippen LogP contribution in [-0.2, 0) is 13.0 Å². The normalized spacial score (nSPS) is 10.5. The predicted molar refractivity (Wildman–Crippen MR) is 82.8 cm³/mol. The molecule has 0 saturated carbocycles. The molecule has 100 valence electrons. The Kier molecular flexibility index (Phi) is 4.58. The molecule has 2 aromatic carbocycles. The summed E-state index contributed by atoms with van der Waals surface area (Å²) < 4.78 is 0. The maximum atomic E-state index is 3.17. The summed E-state index contributed by atoms with van der Waals surface area (Å²) in [6.45, 7) is 0.928. The number of benzene rings is 2. The highest BCUT2D eigenvalue weighted by Crippen LogP contribution is 2.15. The first-order chi connectivity index (χ1) is 9.19. The van der Waals surface area contributed by atoms with E-state index in [1.807, 2.05) is 7.05 Å². The zero-order valence-corrected chi connectivity index (χ0v) is 12.0. The summed E-state index contributed by atoms with van der Waals surface area (Å²) in [5.41, 5.74) is 5.28. The number of anilines is 1. The first kappa shape index (κ1) is 13.6. The van der Waals surface area contributed by atoms with Crippen molar-refractivity contribution in [1.29, 1.82) is 0 Å². The molecular formula is C17H22N2. The van der Waals surface area contributed by atoms with Crippen molar-refractivity contribution in [2.75, 3.05) is 26.0 Å². The Balaban J connectivity index is 2.04. The van der Waals surface area contributed by atoms with Gasteiger partial charge in [-0.2, -0.15) is 0 Å². The van der Waals surface area contributed by atoms with Gasteiger partial charge in [-0.25, -0.2) is 0 Å². The fourth-order valence-electron chi connectivity index (χ4n) is 2.13. The van der Waals surface area contributed by atoms with Crippen LogP contribution in [0.15, 0.2) is 48.5 Å². The lowest BCUT2D eigenvalue weighted by Crippen LogP contribution is -2.08. The van der Waals surface area contributed by atoms with Crippen LogP contribution in [0.5, 0.6) is 0 Å². The van der Waals surface area contributed by atoms with Gasteiger partial charge >= 0.3 is 0 Å². The molecule has 0 amide bonds. The van der Waals surface area contributed by atoms with Crippen molar-refractivity contribution in [3.05, 3.63) is 65.2 Å². The van der Waals surface area contributed by atoms with Crippen molar-refractivity contribution in [3.63, 3.8) is 0 Å². The van der Waals surface area contributed by atoms with Crippen LogP contribution in [-0.4, -0.2) is 21.1 Å². The second-order valence-corrected chi connectivity index (χ2v) is 5.08. The van der Waals surface area contributed by atoms with E-state index in [4.69, 9.17) is 0 Å². The minimum Gasteiger partial charge on any atom is -0.378 e. The minimum atomic E-state index is 0.928. The Morgan fingerprint density at radius 3 is 1.74 bits per heavy atom. The van der Waals surface area contributed by atoms with Crippen LogP contribution in [0, 0.1) is 0 Å². The fourth-order valence-corrected chi connectivity index (χ4v) is 2.13. The molecule has 0 saturated heterocycles. The van der Waals surface area contributed by atoms with E-state index in [0.717, 1.165) is 13.0 Å². The van der Waals surface area contributed by atoms with Crippen LogP contribution < -0.4 is 10.2 Å². The lowest BCUT2D eigenvalue weighted by atomic mass is 10.0. The van der Waals surface area contributed by atoms with Crippen LogP contribution in [0.4, 0.5) is 5.69 Å². The number of nitrogens with one attached hydrogen (secondary N) is 1. The van der Waals surface area contributed by atoms with Gasteiger partial charge in [0, 0.05) is 26.3 Å². The third-order valence-electron chi connectivity index (χ3n) is 3.26. The molecule has 2 aromatic rings. The van der Waals surface area contributed by atoms with Gasteiger partial charge in [0.25, 0.3) is 0 Å². The quantitative estimate of drug-likeness (QED) is 0.882. The largest absolute Gasteiger partial charge is 0.378 e. The second-order valence-electron chi connectivity index (χ2n) is 5.08. The first-order valence-corrected chi connectivity index (χ1v) is 6.67. The topological polar surface area (TPSA) is 15.3 Å². The Labute approximate surface area is 116 Å². The molecule has 2 rings (SSSR count). The summed E-state index contributed by atoms with van der Waals surface area (Å²) in [5.74, 6) is 0. The monoisotopic (exact) mass is 254 g/mol. The van der Waals surface area contributed by atoms with Gasteiger partial charge in [0.1, 0.15) is 0 Å². The van der Waals surface area contributed by atoms with E-state index in [9.17, 15) is 0 Å². The SMILES string of the molecule is CNCc1ccc(Cc2ccc(N(C)C)cc2)cc1. The second kappa shape index (κ2) is 6.39. The van der Waals surface area contributed by atoms with Crippen LogP contribution in [0.25, 0.3) is 0 Å². The molecule has 0 unspecified atom stereocenters. The molecule has 0 aromatic heterocycles. The molecule has 0 heterocycles. The molecule has 0 radical (unpaired) electrons. The maximum Gasteiger partial charge on any atom is 0.0361 e. The van der Waals surface area contributed by atoms with Gasteiger partial charge in [-0.1, -0.05) is 36.4 Å². The highest BCUT2D eigenvalue weighted by Gasteiger charge is 1.99. The Bertz CT molecular complexity index is 498. The molecule has 0 atom stereocenters. The molecule has 19 heavy (non-hydrogen) atoms. The number of nitrogens with zero attached hydrogens (tertiary/aromatic N) is 1. The van der Waals surface area contributed by atoms with E-state index in [2.05, 4.69) is 72.8 Å². The van der Waals surface area contributed by atoms with Crippen molar-refractivity contribution in [1.82, 2.24) is 5.32 Å². The third kappa shape index (κ3) is 3.83. The van der Waals surface area contributed by atoms with Gasteiger partial charge in [-0.3, -0.25) is 0 Å². The van der Waals surface area contributed by atoms with E-state index in [1.165, 1.54) is 22.4 Å². The van der Waals surface area contributed by atoms with Crippen molar-refractivity contribution >= 4 is 5.69 Å². The molecular weight excluding hydrogens is 232 g/mol. The molecule has 2 nitrogen and oxygen atoms in total. The maximum absolute atomic E-state index is 3.17. The lowest BCUT2D eigenvalue weighted by Gasteiger charge is -2.12. The van der Waals surface area contributed by atoms with Crippen LogP contribution in [0.3, 0.4) is 0 Å². The van der Waals surface area contributed by atoms with E-state index in [-0.39, 0.29) is 0 Å². The van der Waals surface area contributed by atoms with Gasteiger partial charge < -0.3 is 10.2 Å². The van der Waals surface area contributed by atoms with E-state index in [1.54, 1.807) is 0 Å². The highest BCUT2D eigenvalue weighted by molar-refractivity contribution is 5.46. The van der Waals surface area contributed by atoms with Gasteiger partial charge in [0.15, 0.2) is 0 Å². The van der Waals surface area contributed by atoms with Crippen molar-refractivity contribution in [2.24, 2.45) is 0 Å². The molecule has 2 heteroatoms. The highest BCUT2D eigenvalue weighted by atomic mass is 15.1. The molecule has 0 aliphatic carbocycles. The van der Waals surface area contributed by atoms with E-state index < -0.39 is 0 Å². The van der Waals surface area contributed by atoms with Crippen LogP contribution in [0.1, 0.15) is 16.7 Å². The summed E-state index contributed by atoms with van der Waals surface area (Å²) in [6, 6.07) is 17.6. The van der Waals surface area contributed by atoms with Crippen molar-refractivity contribution in [2.45, 2.75) is 13.0 Å². The molecule has 0 bridgehead atoms. The van der Waals surface area contributed by atoms with Gasteiger partial charge in [-0.05, 0) is 42.3 Å². The summed E-state index contributed by atoms with van der Waals surface area (Å²) in [4.78, 5) is 2.12. The lowest BCUT2D eigenvalue weighted by molar-refractivity contribution is 0.817. The molecule has 1 N–H and O–H groups in total. The number of rotatable bonds is 5. The number of hydrogen-bond acceptors (Lipinski definition) is 2. The minimum absolute atomic E-state index is 0.928. The van der Waals surface area contributed by atoms with Crippen LogP contribution in [0.2, 0.25) is 0 Å². The summed E-state index contributed by atoms with van der Waals surface area (Å²) in [6.07, 6.45) is 0.994. The smallest absolute Gasteiger partial charge is 0.0361 e. The predicted octanol–water partition coefficient (Wildman–Crippen LogP) is 3.06. The standard InChI is InChI=1S/C17H22N2/c1-18-13-16-6-4-14(5-7-16)12-15-8-10-17(11-9-15)19(2)3/h4-11,18H,12-13H2,1-3H3.